The standard InChI is InChI=1S/C20H24N6O4S/c1-13-14(2)24-26(15(13)3)18-10-20(22-12-21-18)30-17-8-6-16(7-9-17)23-19(27)11-25(4)31(5,28)29/h6-10,12H,11H2,1-5H3,(H,23,27). The number of hydrogen-bond acceptors (Lipinski definition) is 7. The third-order valence-electron chi connectivity index (χ3n) is 4.79. The van der Waals surface area contributed by atoms with Gasteiger partial charge in [0.2, 0.25) is 21.8 Å². The van der Waals surface area contributed by atoms with Crippen molar-refractivity contribution >= 4 is 21.6 Å². The number of carbonyl (C=O) groups excluding carboxylic acids is 1. The first-order valence-electron chi connectivity index (χ1n) is 9.39. The minimum atomic E-state index is -3.42. The van der Waals surface area contributed by atoms with Crippen LogP contribution < -0.4 is 10.1 Å². The van der Waals surface area contributed by atoms with E-state index in [1.165, 1.54) is 13.4 Å². The molecule has 0 saturated carbocycles. The van der Waals surface area contributed by atoms with Gasteiger partial charge < -0.3 is 10.1 Å². The molecule has 10 nitrogen and oxygen atoms in total. The number of hydrogen-bond donors (Lipinski definition) is 1. The number of anilines is 1. The zero-order chi connectivity index (χ0) is 22.8. The molecule has 0 fully saturated rings. The Balaban J connectivity index is 1.68. The van der Waals surface area contributed by atoms with Crippen LogP contribution in [0.25, 0.3) is 5.82 Å². The SMILES string of the molecule is Cc1nn(-c2cc(Oc3ccc(NC(=O)CN(C)S(C)(=O)=O)cc3)ncn2)c(C)c1C. The molecule has 0 bridgehead atoms. The lowest BCUT2D eigenvalue weighted by molar-refractivity contribution is -0.116. The molecule has 0 aliphatic rings. The molecular formula is C20H24N6O4S. The van der Waals surface area contributed by atoms with E-state index in [-0.39, 0.29) is 6.54 Å². The molecular weight excluding hydrogens is 420 g/mol. The number of likely N-dealkylation sites (N-methyl/N-ethyl adjacent to an activating group) is 1. The first kappa shape index (κ1) is 22.4. The molecule has 0 aliphatic carbocycles. The van der Waals surface area contributed by atoms with Crippen molar-refractivity contribution in [2.24, 2.45) is 0 Å². The molecule has 1 N–H and O–H groups in total. The minimum absolute atomic E-state index is 0.271. The lowest BCUT2D eigenvalue weighted by Crippen LogP contribution is -2.34. The number of amides is 1. The molecule has 164 valence electrons. The van der Waals surface area contributed by atoms with Gasteiger partial charge in [-0.2, -0.15) is 9.40 Å². The van der Waals surface area contributed by atoms with E-state index < -0.39 is 15.9 Å². The van der Waals surface area contributed by atoms with Crippen molar-refractivity contribution in [3.63, 3.8) is 0 Å². The Morgan fingerprint density at radius 3 is 2.42 bits per heavy atom. The number of sulfonamides is 1. The van der Waals surface area contributed by atoms with E-state index in [9.17, 15) is 13.2 Å². The van der Waals surface area contributed by atoms with Crippen LogP contribution in [0.5, 0.6) is 11.6 Å². The summed E-state index contributed by atoms with van der Waals surface area (Å²) in [7, 11) is -2.08. The topological polar surface area (TPSA) is 119 Å². The van der Waals surface area contributed by atoms with Crippen LogP contribution in [-0.2, 0) is 14.8 Å². The van der Waals surface area contributed by atoms with Gasteiger partial charge in [-0.05, 0) is 50.6 Å². The molecule has 3 aromatic rings. The molecule has 3 rings (SSSR count). The molecule has 0 radical (unpaired) electrons. The summed E-state index contributed by atoms with van der Waals surface area (Å²) in [6.45, 7) is 5.65. The summed E-state index contributed by atoms with van der Waals surface area (Å²) in [5, 5.41) is 7.13. The fourth-order valence-electron chi connectivity index (χ4n) is 2.69. The zero-order valence-electron chi connectivity index (χ0n) is 17.9. The Labute approximate surface area is 180 Å². The number of ether oxygens (including phenoxy) is 1. The summed E-state index contributed by atoms with van der Waals surface area (Å²) >= 11 is 0. The van der Waals surface area contributed by atoms with E-state index in [2.05, 4.69) is 20.4 Å². The Hall–Kier alpha value is -3.31. The molecule has 0 spiro atoms. The van der Waals surface area contributed by atoms with Gasteiger partial charge in [0.1, 0.15) is 12.1 Å². The molecule has 2 aromatic heterocycles. The number of rotatable bonds is 7. The van der Waals surface area contributed by atoms with Crippen molar-refractivity contribution < 1.29 is 17.9 Å². The average molecular weight is 445 g/mol. The summed E-state index contributed by atoms with van der Waals surface area (Å²) < 4.78 is 31.3. The van der Waals surface area contributed by atoms with Crippen molar-refractivity contribution in [2.45, 2.75) is 20.8 Å². The number of benzene rings is 1. The van der Waals surface area contributed by atoms with Crippen LogP contribution in [0.4, 0.5) is 5.69 Å². The highest BCUT2D eigenvalue weighted by atomic mass is 32.2. The second-order valence-electron chi connectivity index (χ2n) is 7.12. The summed E-state index contributed by atoms with van der Waals surface area (Å²) in [6, 6.07) is 8.34. The smallest absolute Gasteiger partial charge is 0.239 e. The second kappa shape index (κ2) is 8.82. The predicted molar refractivity (Wildman–Crippen MR) is 116 cm³/mol. The van der Waals surface area contributed by atoms with Gasteiger partial charge in [0.25, 0.3) is 0 Å². The maximum absolute atomic E-state index is 12.0. The second-order valence-corrected chi connectivity index (χ2v) is 9.21. The van der Waals surface area contributed by atoms with Crippen molar-refractivity contribution in [2.75, 3.05) is 25.2 Å². The molecule has 11 heteroatoms. The van der Waals surface area contributed by atoms with E-state index in [4.69, 9.17) is 4.74 Å². The van der Waals surface area contributed by atoms with E-state index in [0.29, 0.717) is 23.1 Å². The van der Waals surface area contributed by atoms with E-state index in [0.717, 1.165) is 27.5 Å². The van der Waals surface area contributed by atoms with Crippen LogP contribution in [0.1, 0.15) is 17.0 Å². The summed E-state index contributed by atoms with van der Waals surface area (Å²) in [5.41, 5.74) is 3.53. The molecule has 0 atom stereocenters. The highest BCUT2D eigenvalue weighted by molar-refractivity contribution is 7.88. The largest absolute Gasteiger partial charge is 0.439 e. The predicted octanol–water partition coefficient (Wildman–Crippen LogP) is 2.21. The lowest BCUT2D eigenvalue weighted by Gasteiger charge is -2.14. The van der Waals surface area contributed by atoms with Crippen LogP contribution in [0.15, 0.2) is 36.7 Å². The molecule has 1 aromatic carbocycles. The van der Waals surface area contributed by atoms with Gasteiger partial charge in [-0.1, -0.05) is 0 Å². The monoisotopic (exact) mass is 444 g/mol. The fraction of sp³-hybridized carbons (Fsp3) is 0.300. The number of aryl methyl sites for hydroxylation is 1. The highest BCUT2D eigenvalue weighted by Crippen LogP contribution is 2.23. The highest BCUT2D eigenvalue weighted by Gasteiger charge is 2.15. The van der Waals surface area contributed by atoms with Gasteiger partial charge in [-0.15, -0.1) is 0 Å². The van der Waals surface area contributed by atoms with Gasteiger partial charge in [0.15, 0.2) is 5.82 Å². The first-order chi connectivity index (χ1) is 14.5. The van der Waals surface area contributed by atoms with E-state index in [1.807, 2.05) is 20.8 Å². The normalized spacial score (nSPS) is 11.5. The summed E-state index contributed by atoms with van der Waals surface area (Å²) in [5.74, 6) is 1.02. The number of carbonyl (C=O) groups is 1. The van der Waals surface area contributed by atoms with Crippen molar-refractivity contribution in [3.8, 4) is 17.4 Å². The van der Waals surface area contributed by atoms with Crippen LogP contribution in [0, 0.1) is 20.8 Å². The van der Waals surface area contributed by atoms with Crippen LogP contribution in [0.2, 0.25) is 0 Å². The maximum Gasteiger partial charge on any atom is 0.239 e. The van der Waals surface area contributed by atoms with Crippen LogP contribution in [0.3, 0.4) is 0 Å². The van der Waals surface area contributed by atoms with E-state index in [1.54, 1.807) is 35.0 Å². The Kier molecular flexibility index (Phi) is 6.37. The molecule has 0 aliphatic heterocycles. The maximum atomic E-state index is 12.0. The number of nitrogens with zero attached hydrogens (tertiary/aromatic N) is 5. The number of aromatic nitrogens is 4. The third kappa shape index (κ3) is 5.44. The zero-order valence-corrected chi connectivity index (χ0v) is 18.8. The Morgan fingerprint density at radius 1 is 1.16 bits per heavy atom. The summed E-state index contributed by atoms with van der Waals surface area (Å²) in [4.78, 5) is 20.4. The van der Waals surface area contributed by atoms with Gasteiger partial charge in [-0.25, -0.2) is 23.1 Å². The quantitative estimate of drug-likeness (QED) is 0.593. The van der Waals surface area contributed by atoms with Crippen molar-refractivity contribution in [1.29, 1.82) is 0 Å². The lowest BCUT2D eigenvalue weighted by atomic mass is 10.2. The van der Waals surface area contributed by atoms with Gasteiger partial charge in [-0.3, -0.25) is 4.79 Å². The fourth-order valence-corrected chi connectivity index (χ4v) is 3.04. The Morgan fingerprint density at radius 2 is 1.84 bits per heavy atom. The van der Waals surface area contributed by atoms with Gasteiger partial charge >= 0.3 is 0 Å². The number of nitrogens with one attached hydrogen (secondary N) is 1. The van der Waals surface area contributed by atoms with Crippen molar-refractivity contribution in [3.05, 3.63) is 53.6 Å². The Bertz CT molecular complexity index is 1200. The minimum Gasteiger partial charge on any atom is -0.439 e. The first-order valence-corrected chi connectivity index (χ1v) is 11.2. The van der Waals surface area contributed by atoms with Gasteiger partial charge in [0, 0.05) is 24.5 Å². The average Bonchev–Trinajstić information content (AvgIpc) is 2.96. The van der Waals surface area contributed by atoms with Crippen LogP contribution in [-0.4, -0.2) is 58.2 Å². The molecule has 1 amide bonds. The summed E-state index contributed by atoms with van der Waals surface area (Å²) in [6.07, 6.45) is 2.45. The molecule has 0 saturated heterocycles. The molecule has 31 heavy (non-hydrogen) atoms. The van der Waals surface area contributed by atoms with Crippen LogP contribution >= 0.6 is 0 Å². The molecule has 2 heterocycles. The van der Waals surface area contributed by atoms with Gasteiger partial charge in [0.05, 0.1) is 18.5 Å². The van der Waals surface area contributed by atoms with Crippen molar-refractivity contribution in [1.82, 2.24) is 24.1 Å². The molecule has 0 unspecified atom stereocenters. The van der Waals surface area contributed by atoms with E-state index >= 15 is 0 Å². The third-order valence-corrected chi connectivity index (χ3v) is 6.05.